The minimum Gasteiger partial charge on any atom is -0.384 e. The maximum atomic E-state index is 13.0. The number of hydrogen-bond donors (Lipinski definition) is 2. The Morgan fingerprint density at radius 2 is 1.94 bits per heavy atom. The van der Waals surface area contributed by atoms with Crippen molar-refractivity contribution in [3.8, 4) is 0 Å². The number of aromatic nitrogens is 1. The molecule has 2 N–H and O–H groups in total. The number of carbonyl (C=O) groups is 3. The van der Waals surface area contributed by atoms with Crippen LogP contribution in [0.2, 0.25) is 0 Å². The molecule has 0 saturated carbocycles. The van der Waals surface area contributed by atoms with Crippen LogP contribution in [0.25, 0.3) is 6.08 Å². The number of anilines is 1. The maximum absolute atomic E-state index is 13.0. The van der Waals surface area contributed by atoms with Crippen LogP contribution in [0.3, 0.4) is 0 Å². The first kappa shape index (κ1) is 23.2. The molecule has 0 radical (unpaired) electrons. The van der Waals surface area contributed by atoms with E-state index < -0.39 is 6.04 Å². The molecule has 2 aromatic rings. The molecule has 8 heteroatoms. The van der Waals surface area contributed by atoms with Crippen LogP contribution in [0.1, 0.15) is 52.9 Å². The van der Waals surface area contributed by atoms with E-state index in [-0.39, 0.29) is 24.1 Å². The number of nitrogens with one attached hydrogen (secondary N) is 2. The minimum absolute atomic E-state index is 0.137. The van der Waals surface area contributed by atoms with Gasteiger partial charge in [-0.3, -0.25) is 29.6 Å². The summed E-state index contributed by atoms with van der Waals surface area (Å²) in [5.41, 5.74) is 4.66. The van der Waals surface area contributed by atoms with Crippen LogP contribution in [0.4, 0.5) is 5.69 Å². The molecule has 1 unspecified atom stereocenters. The monoisotopic (exact) mass is 473 g/mol. The normalized spacial score (nSPS) is 21.1. The minimum atomic E-state index is -0.590. The summed E-state index contributed by atoms with van der Waals surface area (Å²) in [6.45, 7) is 8.00. The lowest BCUT2D eigenvalue weighted by Gasteiger charge is -2.32. The molecule has 0 aliphatic carbocycles. The largest absolute Gasteiger partial charge is 0.384 e. The zero-order valence-electron chi connectivity index (χ0n) is 19.8. The number of pyridine rings is 1. The first-order chi connectivity index (χ1) is 17.0. The number of nitrogens with zero attached hydrogens (tertiary/aromatic N) is 3. The van der Waals surface area contributed by atoms with Gasteiger partial charge < -0.3 is 10.2 Å². The second kappa shape index (κ2) is 10.00. The third-order valence-electron chi connectivity index (χ3n) is 7.33. The molecule has 8 nitrogen and oxygen atoms in total. The zero-order valence-corrected chi connectivity index (χ0v) is 19.8. The SMILES string of the molecule is C=Cc1ccc(CN2CCC(CNc3cccc4c3CN(C3CCC(=O)NC3=O)C4=O)CC2)cn1. The lowest BCUT2D eigenvalue weighted by atomic mass is 9.96. The fraction of sp³-hybridized carbons (Fsp3) is 0.407. The molecule has 1 aromatic carbocycles. The molecular weight excluding hydrogens is 442 g/mol. The van der Waals surface area contributed by atoms with E-state index in [4.69, 9.17) is 0 Å². The summed E-state index contributed by atoms with van der Waals surface area (Å²) in [4.78, 5) is 45.3. The van der Waals surface area contributed by atoms with Crippen molar-refractivity contribution >= 4 is 29.5 Å². The second-order valence-electron chi connectivity index (χ2n) is 9.63. The first-order valence-electron chi connectivity index (χ1n) is 12.3. The highest BCUT2D eigenvalue weighted by atomic mass is 16.2. The molecular formula is C27H31N5O3. The average Bonchev–Trinajstić information content (AvgIpc) is 3.21. The van der Waals surface area contributed by atoms with E-state index in [9.17, 15) is 14.4 Å². The molecule has 3 aliphatic heterocycles. The standard InChI is InChI=1S/C27H31N5O3/c1-2-20-7-6-19(15-28-20)16-31-12-10-18(11-13-31)14-29-23-5-3-4-21-22(23)17-32(27(21)35)24-8-9-25(33)30-26(24)34/h2-7,15,18,24,29H,1,8-14,16-17H2,(H,30,33,34). The van der Waals surface area contributed by atoms with Crippen LogP contribution in [0.5, 0.6) is 0 Å². The summed E-state index contributed by atoms with van der Waals surface area (Å²) < 4.78 is 0. The fourth-order valence-corrected chi connectivity index (χ4v) is 5.26. The number of amides is 3. The first-order valence-corrected chi connectivity index (χ1v) is 12.3. The number of carbonyl (C=O) groups excluding carboxylic acids is 3. The van der Waals surface area contributed by atoms with Crippen molar-refractivity contribution < 1.29 is 14.4 Å². The van der Waals surface area contributed by atoms with E-state index in [1.807, 2.05) is 30.5 Å². The Labute approximate surface area is 205 Å². The maximum Gasteiger partial charge on any atom is 0.255 e. The molecule has 3 aliphatic rings. The van der Waals surface area contributed by atoms with Gasteiger partial charge in [0.2, 0.25) is 11.8 Å². The highest BCUT2D eigenvalue weighted by Crippen LogP contribution is 2.32. The predicted molar refractivity (Wildman–Crippen MR) is 133 cm³/mol. The number of hydrogen-bond acceptors (Lipinski definition) is 6. The zero-order chi connectivity index (χ0) is 24.4. The summed E-state index contributed by atoms with van der Waals surface area (Å²) in [5.74, 6) is -0.226. The summed E-state index contributed by atoms with van der Waals surface area (Å²) in [5, 5.41) is 5.94. The number of benzene rings is 1. The molecule has 2 fully saturated rings. The lowest BCUT2D eigenvalue weighted by Crippen LogP contribution is -2.52. The Morgan fingerprint density at radius 1 is 1.11 bits per heavy atom. The van der Waals surface area contributed by atoms with Crippen LogP contribution in [-0.2, 0) is 22.7 Å². The smallest absolute Gasteiger partial charge is 0.255 e. The van der Waals surface area contributed by atoms with Crippen LogP contribution in [0, 0.1) is 5.92 Å². The number of fused-ring (bicyclic) bond motifs is 1. The highest BCUT2D eigenvalue weighted by molar-refractivity contribution is 6.06. The van der Waals surface area contributed by atoms with Crippen LogP contribution < -0.4 is 10.6 Å². The number of rotatable bonds is 7. The lowest BCUT2D eigenvalue weighted by molar-refractivity contribution is -0.136. The van der Waals surface area contributed by atoms with Crippen molar-refractivity contribution in [2.45, 2.75) is 44.8 Å². The summed E-state index contributed by atoms with van der Waals surface area (Å²) in [6, 6.07) is 9.25. The third kappa shape index (κ3) is 4.98. The molecule has 0 bridgehead atoms. The Morgan fingerprint density at radius 3 is 2.66 bits per heavy atom. The van der Waals surface area contributed by atoms with Crippen LogP contribution >= 0.6 is 0 Å². The topological polar surface area (TPSA) is 94.6 Å². The molecule has 3 amide bonds. The molecule has 1 atom stereocenters. The van der Waals surface area contributed by atoms with Crippen molar-refractivity contribution in [1.82, 2.24) is 20.1 Å². The Bertz CT molecular complexity index is 1140. The molecule has 0 spiro atoms. The van der Waals surface area contributed by atoms with Gasteiger partial charge in [0.1, 0.15) is 6.04 Å². The van der Waals surface area contributed by atoms with Gasteiger partial charge >= 0.3 is 0 Å². The Hall–Kier alpha value is -3.52. The Balaban J connectivity index is 1.15. The van der Waals surface area contributed by atoms with Crippen LogP contribution in [-0.4, -0.2) is 58.2 Å². The van der Waals surface area contributed by atoms with Gasteiger partial charge in [-0.25, -0.2) is 0 Å². The predicted octanol–water partition coefficient (Wildman–Crippen LogP) is 2.81. The van der Waals surface area contributed by atoms with Crippen molar-refractivity contribution in [2.24, 2.45) is 5.92 Å². The average molecular weight is 474 g/mol. The van der Waals surface area contributed by atoms with Gasteiger partial charge in [0.15, 0.2) is 0 Å². The van der Waals surface area contributed by atoms with Gasteiger partial charge in [-0.15, -0.1) is 0 Å². The summed E-state index contributed by atoms with van der Waals surface area (Å²) in [7, 11) is 0. The van der Waals surface area contributed by atoms with E-state index in [1.165, 1.54) is 5.56 Å². The van der Waals surface area contributed by atoms with Gasteiger partial charge in [0, 0.05) is 49.1 Å². The molecule has 35 heavy (non-hydrogen) atoms. The van der Waals surface area contributed by atoms with Gasteiger partial charge in [0.25, 0.3) is 5.91 Å². The van der Waals surface area contributed by atoms with E-state index in [1.54, 1.807) is 11.0 Å². The number of piperidine rings is 2. The molecule has 4 heterocycles. The quantitative estimate of drug-likeness (QED) is 0.601. The molecule has 1 aromatic heterocycles. The Kier molecular flexibility index (Phi) is 6.63. The third-order valence-corrected chi connectivity index (χ3v) is 7.33. The van der Waals surface area contributed by atoms with E-state index in [0.29, 0.717) is 24.4 Å². The van der Waals surface area contributed by atoms with Crippen molar-refractivity contribution in [1.29, 1.82) is 0 Å². The van der Waals surface area contributed by atoms with E-state index in [2.05, 4.69) is 33.2 Å². The van der Waals surface area contributed by atoms with Crippen molar-refractivity contribution in [3.63, 3.8) is 0 Å². The van der Waals surface area contributed by atoms with E-state index in [0.717, 1.165) is 56.0 Å². The summed E-state index contributed by atoms with van der Waals surface area (Å²) in [6.07, 6.45) is 6.55. The second-order valence-corrected chi connectivity index (χ2v) is 9.63. The molecule has 2 saturated heterocycles. The number of imide groups is 1. The summed E-state index contributed by atoms with van der Waals surface area (Å²) >= 11 is 0. The van der Waals surface area contributed by atoms with Crippen molar-refractivity contribution in [2.75, 3.05) is 25.0 Å². The van der Waals surface area contributed by atoms with E-state index >= 15 is 0 Å². The van der Waals surface area contributed by atoms with Crippen molar-refractivity contribution in [3.05, 3.63) is 65.5 Å². The van der Waals surface area contributed by atoms with Gasteiger partial charge in [-0.2, -0.15) is 0 Å². The number of likely N-dealkylation sites (tertiary alicyclic amines) is 1. The van der Waals surface area contributed by atoms with Gasteiger partial charge in [0.05, 0.1) is 5.69 Å². The van der Waals surface area contributed by atoms with Gasteiger partial charge in [-0.1, -0.05) is 18.7 Å². The van der Waals surface area contributed by atoms with Crippen LogP contribution in [0.15, 0.2) is 43.1 Å². The fourth-order valence-electron chi connectivity index (χ4n) is 5.26. The molecule has 182 valence electrons. The van der Waals surface area contributed by atoms with Gasteiger partial charge in [-0.05, 0) is 68.1 Å². The molecule has 5 rings (SSSR count). The highest BCUT2D eigenvalue weighted by Gasteiger charge is 2.39.